The highest BCUT2D eigenvalue weighted by Gasteiger charge is 2.24. The molecular formula is C22H26N2O3. The fourth-order valence-electron chi connectivity index (χ4n) is 3.44. The zero-order valence-corrected chi connectivity index (χ0v) is 16.0. The van der Waals surface area contributed by atoms with E-state index in [0.29, 0.717) is 44.8 Å². The lowest BCUT2D eigenvalue weighted by molar-refractivity contribution is -0.130. The van der Waals surface area contributed by atoms with Crippen molar-refractivity contribution in [2.45, 2.75) is 20.3 Å². The van der Waals surface area contributed by atoms with E-state index in [1.165, 1.54) is 5.56 Å². The fraction of sp³-hybridized carbons (Fsp3) is 0.364. The number of benzene rings is 2. The maximum atomic E-state index is 12.6. The normalized spacial score (nSPS) is 14.1. The predicted molar refractivity (Wildman–Crippen MR) is 106 cm³/mol. The van der Waals surface area contributed by atoms with Crippen molar-refractivity contribution < 1.29 is 14.3 Å². The number of hydrogen-bond acceptors (Lipinski definition) is 4. The molecule has 1 amide bonds. The minimum absolute atomic E-state index is 0.152. The Morgan fingerprint density at radius 1 is 1.00 bits per heavy atom. The van der Waals surface area contributed by atoms with Crippen LogP contribution in [0.15, 0.2) is 48.5 Å². The molecule has 0 unspecified atom stereocenters. The molecule has 0 aromatic heterocycles. The molecule has 0 aliphatic carbocycles. The Morgan fingerprint density at radius 2 is 1.74 bits per heavy atom. The lowest BCUT2D eigenvalue weighted by Gasteiger charge is -2.36. The van der Waals surface area contributed by atoms with Crippen LogP contribution in [-0.2, 0) is 16.0 Å². The summed E-state index contributed by atoms with van der Waals surface area (Å²) in [6.45, 7) is 6.91. The zero-order chi connectivity index (χ0) is 19.2. The Labute approximate surface area is 160 Å². The topological polar surface area (TPSA) is 49.9 Å². The van der Waals surface area contributed by atoms with E-state index in [1.807, 2.05) is 48.2 Å². The number of ether oxygens (including phenoxy) is 1. The van der Waals surface area contributed by atoms with E-state index in [4.69, 9.17) is 4.74 Å². The quantitative estimate of drug-likeness (QED) is 0.763. The van der Waals surface area contributed by atoms with Crippen LogP contribution in [0.2, 0.25) is 0 Å². The van der Waals surface area contributed by atoms with E-state index in [9.17, 15) is 9.59 Å². The standard InChI is InChI=1S/C22H26N2O3/c1-3-27-22(26)19-9-4-5-10-20(19)23-11-13-24(14-12-23)21(25)16-18-8-6-7-17(2)15-18/h4-10,15H,3,11-14,16H2,1-2H3. The highest BCUT2D eigenvalue weighted by atomic mass is 16.5. The average Bonchev–Trinajstić information content (AvgIpc) is 2.68. The number of aryl methyl sites for hydroxylation is 1. The first kappa shape index (κ1) is 19.0. The number of carbonyl (C=O) groups is 2. The second-order valence-corrected chi connectivity index (χ2v) is 6.77. The predicted octanol–water partition coefficient (Wildman–Crippen LogP) is 3.06. The SMILES string of the molecule is CCOC(=O)c1ccccc1N1CCN(C(=O)Cc2cccc(C)c2)CC1. The molecule has 1 aliphatic rings. The van der Waals surface area contributed by atoms with Crippen molar-refractivity contribution in [2.75, 3.05) is 37.7 Å². The molecule has 0 N–H and O–H groups in total. The van der Waals surface area contributed by atoms with Crippen LogP contribution in [0.4, 0.5) is 5.69 Å². The van der Waals surface area contributed by atoms with Crippen LogP contribution in [0, 0.1) is 6.92 Å². The molecule has 0 spiro atoms. The van der Waals surface area contributed by atoms with Crippen LogP contribution in [0.3, 0.4) is 0 Å². The number of carbonyl (C=O) groups excluding carboxylic acids is 2. The molecule has 0 saturated carbocycles. The van der Waals surface area contributed by atoms with Gasteiger partial charge < -0.3 is 14.5 Å². The Hall–Kier alpha value is -2.82. The van der Waals surface area contributed by atoms with Gasteiger partial charge in [-0.25, -0.2) is 4.79 Å². The van der Waals surface area contributed by atoms with Gasteiger partial charge in [0, 0.05) is 26.2 Å². The van der Waals surface area contributed by atoms with Gasteiger partial charge in [0.25, 0.3) is 0 Å². The Morgan fingerprint density at radius 3 is 2.44 bits per heavy atom. The molecule has 0 atom stereocenters. The number of anilines is 1. The second-order valence-electron chi connectivity index (χ2n) is 6.77. The van der Waals surface area contributed by atoms with Crippen LogP contribution in [0.5, 0.6) is 0 Å². The number of rotatable bonds is 5. The highest BCUT2D eigenvalue weighted by Crippen LogP contribution is 2.23. The summed E-state index contributed by atoms with van der Waals surface area (Å²) in [6, 6.07) is 15.6. The Balaban J connectivity index is 1.62. The molecular weight excluding hydrogens is 340 g/mol. The molecule has 1 fully saturated rings. The van der Waals surface area contributed by atoms with E-state index >= 15 is 0 Å². The highest BCUT2D eigenvalue weighted by molar-refractivity contribution is 5.96. The van der Waals surface area contributed by atoms with E-state index in [0.717, 1.165) is 11.3 Å². The lowest BCUT2D eigenvalue weighted by atomic mass is 10.1. The summed E-state index contributed by atoms with van der Waals surface area (Å²) >= 11 is 0. The molecule has 2 aromatic rings. The molecule has 5 nitrogen and oxygen atoms in total. The van der Waals surface area contributed by atoms with Crippen molar-refractivity contribution in [2.24, 2.45) is 0 Å². The molecule has 0 radical (unpaired) electrons. The Kier molecular flexibility index (Phi) is 6.12. The van der Waals surface area contributed by atoms with Crippen molar-refractivity contribution in [3.63, 3.8) is 0 Å². The van der Waals surface area contributed by atoms with Gasteiger partial charge in [-0.2, -0.15) is 0 Å². The van der Waals surface area contributed by atoms with Gasteiger partial charge >= 0.3 is 5.97 Å². The third-order valence-electron chi connectivity index (χ3n) is 4.81. The zero-order valence-electron chi connectivity index (χ0n) is 16.0. The molecule has 0 bridgehead atoms. The number of amides is 1. The molecule has 1 aliphatic heterocycles. The summed E-state index contributed by atoms with van der Waals surface area (Å²) in [5, 5.41) is 0. The lowest BCUT2D eigenvalue weighted by Crippen LogP contribution is -2.49. The minimum Gasteiger partial charge on any atom is -0.462 e. The average molecular weight is 366 g/mol. The van der Waals surface area contributed by atoms with Gasteiger partial charge in [-0.3, -0.25) is 4.79 Å². The number of esters is 1. The fourth-order valence-corrected chi connectivity index (χ4v) is 3.44. The molecule has 1 saturated heterocycles. The first-order chi connectivity index (χ1) is 13.1. The smallest absolute Gasteiger partial charge is 0.340 e. The third kappa shape index (κ3) is 4.67. The maximum absolute atomic E-state index is 12.6. The molecule has 2 aromatic carbocycles. The first-order valence-electron chi connectivity index (χ1n) is 9.43. The largest absolute Gasteiger partial charge is 0.462 e. The summed E-state index contributed by atoms with van der Waals surface area (Å²) in [6.07, 6.45) is 0.432. The van der Waals surface area contributed by atoms with Crippen LogP contribution >= 0.6 is 0 Å². The van der Waals surface area contributed by atoms with Gasteiger partial charge in [0.2, 0.25) is 5.91 Å². The first-order valence-corrected chi connectivity index (χ1v) is 9.43. The number of hydrogen-bond donors (Lipinski definition) is 0. The van der Waals surface area contributed by atoms with E-state index in [1.54, 1.807) is 13.0 Å². The number of piperazine rings is 1. The maximum Gasteiger partial charge on any atom is 0.340 e. The van der Waals surface area contributed by atoms with E-state index in [-0.39, 0.29) is 11.9 Å². The van der Waals surface area contributed by atoms with Gasteiger partial charge in [0.05, 0.1) is 24.3 Å². The summed E-state index contributed by atoms with van der Waals surface area (Å²) in [5.74, 6) is -0.148. The van der Waals surface area contributed by atoms with Crippen LogP contribution < -0.4 is 4.90 Å². The summed E-state index contributed by atoms with van der Waals surface area (Å²) in [7, 11) is 0. The van der Waals surface area contributed by atoms with E-state index < -0.39 is 0 Å². The molecule has 142 valence electrons. The monoisotopic (exact) mass is 366 g/mol. The number of nitrogens with zero attached hydrogens (tertiary/aromatic N) is 2. The van der Waals surface area contributed by atoms with Crippen molar-refractivity contribution in [3.8, 4) is 0 Å². The second kappa shape index (κ2) is 8.71. The summed E-state index contributed by atoms with van der Waals surface area (Å²) in [4.78, 5) is 28.9. The van der Waals surface area contributed by atoms with Crippen LogP contribution in [0.25, 0.3) is 0 Å². The van der Waals surface area contributed by atoms with Gasteiger partial charge in [0.15, 0.2) is 0 Å². The van der Waals surface area contributed by atoms with Crippen LogP contribution in [-0.4, -0.2) is 49.6 Å². The summed E-state index contributed by atoms with van der Waals surface area (Å²) in [5.41, 5.74) is 3.68. The van der Waals surface area contributed by atoms with Gasteiger partial charge in [-0.15, -0.1) is 0 Å². The Bertz CT molecular complexity index is 811. The summed E-state index contributed by atoms with van der Waals surface area (Å²) < 4.78 is 5.16. The minimum atomic E-state index is -0.300. The van der Waals surface area contributed by atoms with Crippen molar-refractivity contribution in [3.05, 3.63) is 65.2 Å². The third-order valence-corrected chi connectivity index (χ3v) is 4.81. The van der Waals surface area contributed by atoms with Gasteiger partial charge in [-0.05, 0) is 31.5 Å². The molecule has 1 heterocycles. The van der Waals surface area contributed by atoms with Crippen molar-refractivity contribution >= 4 is 17.6 Å². The van der Waals surface area contributed by atoms with Crippen molar-refractivity contribution in [1.29, 1.82) is 0 Å². The van der Waals surface area contributed by atoms with Gasteiger partial charge in [0.1, 0.15) is 0 Å². The van der Waals surface area contributed by atoms with Crippen LogP contribution in [0.1, 0.15) is 28.4 Å². The molecule has 27 heavy (non-hydrogen) atoms. The molecule has 3 rings (SSSR count). The van der Waals surface area contributed by atoms with E-state index in [2.05, 4.69) is 11.0 Å². The number of para-hydroxylation sites is 1. The molecule has 5 heteroatoms. The van der Waals surface area contributed by atoms with Gasteiger partial charge in [-0.1, -0.05) is 42.0 Å². The van der Waals surface area contributed by atoms with Crippen molar-refractivity contribution in [1.82, 2.24) is 4.90 Å².